The van der Waals surface area contributed by atoms with E-state index in [2.05, 4.69) is 50.8 Å². The predicted octanol–water partition coefficient (Wildman–Crippen LogP) is 4.63. The first-order valence-electron chi connectivity index (χ1n) is 11.5. The number of anilines is 3. The van der Waals surface area contributed by atoms with Crippen molar-refractivity contribution in [2.45, 2.75) is 32.4 Å². The Hall–Kier alpha value is -3.52. The maximum absolute atomic E-state index is 5.44. The molecule has 0 amide bonds. The van der Waals surface area contributed by atoms with Crippen LogP contribution in [0.15, 0.2) is 48.7 Å². The number of nitrogens with one attached hydrogen (secondary N) is 2. The van der Waals surface area contributed by atoms with Crippen molar-refractivity contribution in [3.63, 3.8) is 0 Å². The molecular formula is C26H33N5O3. The summed E-state index contributed by atoms with van der Waals surface area (Å²) in [5.74, 6) is 3.03. The number of hydrogen-bond acceptors (Lipinski definition) is 8. The van der Waals surface area contributed by atoms with Gasteiger partial charge in [0.1, 0.15) is 5.82 Å². The van der Waals surface area contributed by atoms with Crippen LogP contribution in [-0.4, -0.2) is 55.3 Å². The summed E-state index contributed by atoms with van der Waals surface area (Å²) in [6, 6.07) is 14.7. The Morgan fingerprint density at radius 3 is 2.26 bits per heavy atom. The van der Waals surface area contributed by atoms with E-state index in [-0.39, 0.29) is 0 Å². The van der Waals surface area contributed by atoms with Gasteiger partial charge in [0.05, 0.1) is 21.3 Å². The van der Waals surface area contributed by atoms with Crippen molar-refractivity contribution in [3.05, 3.63) is 59.8 Å². The van der Waals surface area contributed by atoms with Crippen molar-refractivity contribution in [1.82, 2.24) is 14.9 Å². The van der Waals surface area contributed by atoms with Gasteiger partial charge in [0, 0.05) is 55.3 Å². The molecule has 8 heteroatoms. The predicted molar refractivity (Wildman–Crippen MR) is 135 cm³/mol. The number of likely N-dealkylation sites (tertiary alicyclic amines) is 1. The SMILES string of the molecule is COc1cc(Nc2ncc(C)c(NC3CCN(Cc4ccccc4)CC3)n2)cc(OC)c1OC. The first-order chi connectivity index (χ1) is 16.6. The molecule has 2 aromatic carbocycles. The summed E-state index contributed by atoms with van der Waals surface area (Å²) >= 11 is 0. The zero-order chi connectivity index (χ0) is 23.9. The quantitative estimate of drug-likeness (QED) is 0.475. The normalized spacial score (nSPS) is 14.5. The Morgan fingerprint density at radius 2 is 1.65 bits per heavy atom. The van der Waals surface area contributed by atoms with Gasteiger partial charge in [-0.3, -0.25) is 4.90 Å². The molecule has 3 aromatic rings. The topological polar surface area (TPSA) is 80.8 Å². The molecule has 1 fully saturated rings. The minimum atomic E-state index is 0.384. The number of aryl methyl sites for hydroxylation is 1. The lowest BCUT2D eigenvalue weighted by atomic mass is 10.0. The minimum absolute atomic E-state index is 0.384. The number of aromatic nitrogens is 2. The van der Waals surface area contributed by atoms with E-state index >= 15 is 0 Å². The number of piperidine rings is 1. The van der Waals surface area contributed by atoms with E-state index in [0.29, 0.717) is 29.2 Å². The summed E-state index contributed by atoms with van der Waals surface area (Å²) in [5.41, 5.74) is 3.13. The highest BCUT2D eigenvalue weighted by molar-refractivity contribution is 5.66. The number of benzene rings is 2. The van der Waals surface area contributed by atoms with E-state index in [1.807, 2.05) is 25.3 Å². The standard InChI is InChI=1S/C26H33N5O3/c1-18-16-27-26(29-21-14-22(32-2)24(34-4)23(15-21)33-3)30-25(18)28-20-10-12-31(13-11-20)17-19-8-6-5-7-9-19/h5-9,14-16,20H,10-13,17H2,1-4H3,(H2,27,28,29,30). The highest BCUT2D eigenvalue weighted by Gasteiger charge is 2.20. The van der Waals surface area contributed by atoms with Crippen molar-refractivity contribution < 1.29 is 14.2 Å². The van der Waals surface area contributed by atoms with Crippen molar-refractivity contribution in [3.8, 4) is 17.2 Å². The first-order valence-corrected chi connectivity index (χ1v) is 11.5. The Labute approximate surface area is 201 Å². The molecule has 0 saturated carbocycles. The summed E-state index contributed by atoms with van der Waals surface area (Å²) in [7, 11) is 4.77. The van der Waals surface area contributed by atoms with Gasteiger partial charge >= 0.3 is 0 Å². The lowest BCUT2D eigenvalue weighted by Gasteiger charge is -2.32. The lowest BCUT2D eigenvalue weighted by Crippen LogP contribution is -2.38. The van der Waals surface area contributed by atoms with Crippen LogP contribution in [0.5, 0.6) is 17.2 Å². The zero-order valence-corrected chi connectivity index (χ0v) is 20.3. The second-order valence-corrected chi connectivity index (χ2v) is 8.44. The number of rotatable bonds is 9. The third-order valence-electron chi connectivity index (χ3n) is 6.07. The van der Waals surface area contributed by atoms with Gasteiger partial charge in [-0.2, -0.15) is 4.98 Å². The third-order valence-corrected chi connectivity index (χ3v) is 6.07. The maximum atomic E-state index is 5.44. The van der Waals surface area contributed by atoms with Gasteiger partial charge in [0.15, 0.2) is 11.5 Å². The van der Waals surface area contributed by atoms with E-state index in [9.17, 15) is 0 Å². The molecule has 34 heavy (non-hydrogen) atoms. The lowest BCUT2D eigenvalue weighted by molar-refractivity contribution is 0.211. The molecule has 180 valence electrons. The molecule has 1 aliphatic heterocycles. The van der Waals surface area contributed by atoms with E-state index in [1.165, 1.54) is 5.56 Å². The molecule has 2 N–H and O–H groups in total. The second kappa shape index (κ2) is 11.1. The van der Waals surface area contributed by atoms with Crippen LogP contribution in [0, 0.1) is 6.92 Å². The Morgan fingerprint density at radius 1 is 0.971 bits per heavy atom. The molecule has 4 rings (SSSR count). The van der Waals surface area contributed by atoms with E-state index < -0.39 is 0 Å². The molecule has 0 aliphatic carbocycles. The zero-order valence-electron chi connectivity index (χ0n) is 20.3. The second-order valence-electron chi connectivity index (χ2n) is 8.44. The van der Waals surface area contributed by atoms with Gasteiger partial charge in [0.2, 0.25) is 11.7 Å². The van der Waals surface area contributed by atoms with Crippen LogP contribution in [0.1, 0.15) is 24.0 Å². The Balaban J connectivity index is 1.40. The molecule has 0 bridgehead atoms. The summed E-state index contributed by atoms with van der Waals surface area (Å²) in [5, 5.41) is 6.89. The van der Waals surface area contributed by atoms with Gasteiger partial charge in [-0.15, -0.1) is 0 Å². The van der Waals surface area contributed by atoms with Crippen molar-refractivity contribution >= 4 is 17.5 Å². The maximum Gasteiger partial charge on any atom is 0.229 e. The van der Waals surface area contributed by atoms with E-state index in [4.69, 9.17) is 19.2 Å². The van der Waals surface area contributed by atoms with Crippen molar-refractivity contribution in [1.29, 1.82) is 0 Å². The van der Waals surface area contributed by atoms with Gasteiger partial charge in [-0.1, -0.05) is 30.3 Å². The molecular weight excluding hydrogens is 430 g/mol. The van der Waals surface area contributed by atoms with Crippen LogP contribution in [0.3, 0.4) is 0 Å². The van der Waals surface area contributed by atoms with Gasteiger partial charge in [-0.05, 0) is 25.3 Å². The molecule has 2 heterocycles. The average Bonchev–Trinajstić information content (AvgIpc) is 2.87. The summed E-state index contributed by atoms with van der Waals surface area (Å²) in [6.07, 6.45) is 3.98. The van der Waals surface area contributed by atoms with Crippen molar-refractivity contribution in [2.75, 3.05) is 45.1 Å². The highest BCUT2D eigenvalue weighted by atomic mass is 16.5. The van der Waals surface area contributed by atoms with Gasteiger partial charge in [-0.25, -0.2) is 4.98 Å². The van der Waals surface area contributed by atoms with E-state index in [1.54, 1.807) is 21.3 Å². The molecule has 1 saturated heterocycles. The van der Waals surface area contributed by atoms with Crippen molar-refractivity contribution in [2.24, 2.45) is 0 Å². The van der Waals surface area contributed by atoms with Gasteiger partial charge < -0.3 is 24.8 Å². The molecule has 1 aromatic heterocycles. The summed E-state index contributed by atoms with van der Waals surface area (Å²) < 4.78 is 16.3. The fourth-order valence-corrected chi connectivity index (χ4v) is 4.20. The Kier molecular flexibility index (Phi) is 7.69. The smallest absolute Gasteiger partial charge is 0.229 e. The van der Waals surface area contributed by atoms with Crippen LogP contribution in [0.25, 0.3) is 0 Å². The first kappa shape index (κ1) is 23.6. The number of nitrogens with zero attached hydrogens (tertiary/aromatic N) is 3. The third kappa shape index (κ3) is 5.69. The molecule has 8 nitrogen and oxygen atoms in total. The van der Waals surface area contributed by atoms with Crippen LogP contribution in [-0.2, 0) is 6.54 Å². The molecule has 0 radical (unpaired) electrons. The van der Waals surface area contributed by atoms with E-state index in [0.717, 1.165) is 49.5 Å². The number of methoxy groups -OCH3 is 3. The Bertz CT molecular complexity index is 1060. The van der Waals surface area contributed by atoms with Crippen LogP contribution >= 0.6 is 0 Å². The highest BCUT2D eigenvalue weighted by Crippen LogP contribution is 2.40. The fraction of sp³-hybridized carbons (Fsp3) is 0.385. The van der Waals surface area contributed by atoms with Crippen LogP contribution in [0.4, 0.5) is 17.5 Å². The summed E-state index contributed by atoms with van der Waals surface area (Å²) in [4.78, 5) is 11.7. The minimum Gasteiger partial charge on any atom is -0.493 e. The van der Waals surface area contributed by atoms with Gasteiger partial charge in [0.25, 0.3) is 0 Å². The summed E-state index contributed by atoms with van der Waals surface area (Å²) in [6.45, 7) is 5.15. The van der Waals surface area contributed by atoms with Crippen LogP contribution in [0.2, 0.25) is 0 Å². The molecule has 0 unspecified atom stereocenters. The molecule has 0 atom stereocenters. The monoisotopic (exact) mass is 463 g/mol. The molecule has 0 spiro atoms. The number of hydrogen-bond donors (Lipinski definition) is 2. The largest absolute Gasteiger partial charge is 0.493 e. The average molecular weight is 464 g/mol. The number of ether oxygens (including phenoxy) is 3. The molecule has 1 aliphatic rings. The van der Waals surface area contributed by atoms with Crippen LogP contribution < -0.4 is 24.8 Å². The fourth-order valence-electron chi connectivity index (χ4n) is 4.20.